The van der Waals surface area contributed by atoms with Gasteiger partial charge in [-0.1, -0.05) is 6.42 Å². The average Bonchev–Trinajstić information content (AvgIpc) is 2.28. The molecular formula is C13H16ClF2N. The summed E-state index contributed by atoms with van der Waals surface area (Å²) >= 11 is 5.91. The molecule has 17 heavy (non-hydrogen) atoms. The summed E-state index contributed by atoms with van der Waals surface area (Å²) in [6.07, 6.45) is 3.39. The highest BCUT2D eigenvalue weighted by Gasteiger charge is 2.21. The van der Waals surface area contributed by atoms with Gasteiger partial charge in [0.15, 0.2) is 0 Å². The number of benzene rings is 1. The normalized spacial score (nSPS) is 21.7. The number of piperidine rings is 1. The van der Waals surface area contributed by atoms with Crippen LogP contribution in [0.15, 0.2) is 18.2 Å². The van der Waals surface area contributed by atoms with Gasteiger partial charge in [0.25, 0.3) is 0 Å². The largest absolute Gasteiger partial charge is 0.295 e. The third-order valence-corrected chi connectivity index (χ3v) is 3.59. The Morgan fingerprint density at radius 1 is 1.18 bits per heavy atom. The Labute approximate surface area is 105 Å². The zero-order valence-corrected chi connectivity index (χ0v) is 10.4. The van der Waals surface area contributed by atoms with Crippen LogP contribution in [0.1, 0.15) is 24.8 Å². The Hall–Kier alpha value is -0.670. The van der Waals surface area contributed by atoms with Gasteiger partial charge in [0.2, 0.25) is 0 Å². The van der Waals surface area contributed by atoms with Crippen molar-refractivity contribution in [1.82, 2.24) is 4.90 Å². The molecule has 0 bridgehead atoms. The lowest BCUT2D eigenvalue weighted by Crippen LogP contribution is -2.40. The summed E-state index contributed by atoms with van der Waals surface area (Å²) in [5.74, 6) is -0.448. The molecule has 1 nitrogen and oxygen atoms in total. The minimum Gasteiger partial charge on any atom is -0.295 e. The molecule has 1 fully saturated rings. The van der Waals surface area contributed by atoms with Gasteiger partial charge in [-0.15, -0.1) is 11.6 Å². The van der Waals surface area contributed by atoms with Crippen molar-refractivity contribution in [1.29, 1.82) is 0 Å². The number of hydrogen-bond acceptors (Lipinski definition) is 1. The Bertz CT molecular complexity index is 363. The van der Waals surface area contributed by atoms with Crippen LogP contribution in [-0.2, 0) is 6.54 Å². The lowest BCUT2D eigenvalue weighted by atomic mass is 10.0. The Balaban J connectivity index is 2.08. The number of nitrogens with zero attached hydrogens (tertiary/aromatic N) is 1. The molecule has 1 atom stereocenters. The minimum absolute atomic E-state index is 0.330. The maximum Gasteiger partial charge on any atom is 0.126 e. The van der Waals surface area contributed by atoms with E-state index >= 15 is 0 Å². The molecule has 1 aromatic rings. The van der Waals surface area contributed by atoms with E-state index in [0.717, 1.165) is 25.5 Å². The zero-order valence-electron chi connectivity index (χ0n) is 9.63. The molecule has 94 valence electrons. The number of hydrogen-bond donors (Lipinski definition) is 0. The van der Waals surface area contributed by atoms with Crippen molar-refractivity contribution in [3.8, 4) is 0 Å². The van der Waals surface area contributed by atoms with E-state index in [2.05, 4.69) is 4.90 Å². The molecule has 0 radical (unpaired) electrons. The van der Waals surface area contributed by atoms with Crippen LogP contribution in [0.4, 0.5) is 8.78 Å². The van der Waals surface area contributed by atoms with Crippen LogP contribution in [0.3, 0.4) is 0 Å². The summed E-state index contributed by atoms with van der Waals surface area (Å²) in [5, 5.41) is 0. The minimum atomic E-state index is -0.514. The monoisotopic (exact) mass is 259 g/mol. The molecule has 0 spiro atoms. The van der Waals surface area contributed by atoms with E-state index in [4.69, 9.17) is 11.6 Å². The Morgan fingerprint density at radius 3 is 2.53 bits per heavy atom. The predicted octanol–water partition coefficient (Wildman–Crippen LogP) is 3.56. The second-order valence-corrected chi connectivity index (χ2v) is 4.86. The van der Waals surface area contributed by atoms with Crippen molar-refractivity contribution in [3.05, 3.63) is 35.4 Å². The molecule has 0 saturated carbocycles. The molecule has 0 N–H and O–H groups in total. The summed E-state index contributed by atoms with van der Waals surface area (Å²) in [5.41, 5.74) is 0.680. The first-order valence-electron chi connectivity index (χ1n) is 5.94. The van der Waals surface area contributed by atoms with Gasteiger partial charge < -0.3 is 0 Å². The van der Waals surface area contributed by atoms with Gasteiger partial charge >= 0.3 is 0 Å². The molecule has 1 aliphatic heterocycles. The highest BCUT2D eigenvalue weighted by Crippen LogP contribution is 2.21. The summed E-state index contributed by atoms with van der Waals surface area (Å²) in [4.78, 5) is 2.21. The quantitative estimate of drug-likeness (QED) is 0.751. The third kappa shape index (κ3) is 3.39. The number of alkyl halides is 1. The lowest BCUT2D eigenvalue weighted by molar-refractivity contribution is 0.154. The van der Waals surface area contributed by atoms with Gasteiger partial charge in [-0.2, -0.15) is 0 Å². The standard InChI is InChI=1S/C13H16ClF2N/c14-8-13-3-1-2-4-17(13)9-10-5-11(15)7-12(16)6-10/h5-7,13H,1-4,8-9H2. The smallest absolute Gasteiger partial charge is 0.126 e. The third-order valence-electron chi connectivity index (χ3n) is 3.24. The average molecular weight is 260 g/mol. The Kier molecular flexibility index (Phi) is 4.35. The molecule has 0 aliphatic carbocycles. The van der Waals surface area contributed by atoms with E-state index in [1.165, 1.54) is 18.6 Å². The fraction of sp³-hybridized carbons (Fsp3) is 0.538. The second-order valence-electron chi connectivity index (χ2n) is 4.55. The molecule has 1 heterocycles. The second kappa shape index (κ2) is 5.78. The summed E-state index contributed by atoms with van der Waals surface area (Å²) in [7, 11) is 0. The van der Waals surface area contributed by atoms with Gasteiger partial charge in [-0.25, -0.2) is 8.78 Å². The van der Waals surface area contributed by atoms with E-state index in [1.807, 2.05) is 0 Å². The van der Waals surface area contributed by atoms with Gasteiger partial charge in [0, 0.05) is 24.5 Å². The Morgan fingerprint density at radius 2 is 1.88 bits per heavy atom. The number of rotatable bonds is 3. The SMILES string of the molecule is Fc1cc(F)cc(CN2CCCCC2CCl)c1. The van der Waals surface area contributed by atoms with Gasteiger partial charge in [-0.05, 0) is 37.1 Å². The lowest BCUT2D eigenvalue weighted by Gasteiger charge is -2.34. The van der Waals surface area contributed by atoms with Crippen molar-refractivity contribution in [2.75, 3.05) is 12.4 Å². The highest BCUT2D eigenvalue weighted by molar-refractivity contribution is 6.18. The van der Waals surface area contributed by atoms with Crippen LogP contribution in [0.5, 0.6) is 0 Å². The van der Waals surface area contributed by atoms with Gasteiger partial charge in [0.1, 0.15) is 11.6 Å². The summed E-state index contributed by atoms with van der Waals surface area (Å²) in [6, 6.07) is 4.02. The van der Waals surface area contributed by atoms with Crippen molar-refractivity contribution < 1.29 is 8.78 Å². The number of likely N-dealkylation sites (tertiary alicyclic amines) is 1. The van der Waals surface area contributed by atoms with Crippen LogP contribution < -0.4 is 0 Å². The fourth-order valence-electron chi connectivity index (χ4n) is 2.38. The molecule has 1 aliphatic rings. The highest BCUT2D eigenvalue weighted by atomic mass is 35.5. The maximum absolute atomic E-state index is 13.1. The van der Waals surface area contributed by atoms with Crippen molar-refractivity contribution >= 4 is 11.6 Å². The summed E-state index contributed by atoms with van der Waals surface area (Å²) < 4.78 is 26.2. The van der Waals surface area contributed by atoms with E-state index < -0.39 is 11.6 Å². The van der Waals surface area contributed by atoms with Crippen LogP contribution in [0.25, 0.3) is 0 Å². The van der Waals surface area contributed by atoms with Crippen LogP contribution >= 0.6 is 11.6 Å². The van der Waals surface area contributed by atoms with E-state index in [9.17, 15) is 8.78 Å². The van der Waals surface area contributed by atoms with E-state index in [-0.39, 0.29) is 0 Å². The fourth-order valence-corrected chi connectivity index (χ4v) is 2.73. The van der Waals surface area contributed by atoms with Gasteiger partial charge in [0.05, 0.1) is 0 Å². The summed E-state index contributed by atoms with van der Waals surface area (Å²) in [6.45, 7) is 1.53. The predicted molar refractivity (Wildman–Crippen MR) is 65.1 cm³/mol. The molecule has 0 amide bonds. The first kappa shape index (κ1) is 12.8. The zero-order chi connectivity index (χ0) is 12.3. The van der Waals surface area contributed by atoms with E-state index in [1.54, 1.807) is 0 Å². The van der Waals surface area contributed by atoms with Crippen molar-refractivity contribution in [2.45, 2.75) is 31.8 Å². The molecular weight excluding hydrogens is 244 g/mol. The molecule has 1 aromatic carbocycles. The first-order chi connectivity index (χ1) is 8.19. The molecule has 4 heteroatoms. The molecule has 2 rings (SSSR count). The molecule has 1 saturated heterocycles. The molecule has 1 unspecified atom stereocenters. The van der Waals surface area contributed by atoms with Crippen molar-refractivity contribution in [3.63, 3.8) is 0 Å². The van der Waals surface area contributed by atoms with Crippen LogP contribution in [0, 0.1) is 11.6 Å². The van der Waals surface area contributed by atoms with Crippen molar-refractivity contribution in [2.24, 2.45) is 0 Å². The molecule has 0 aromatic heterocycles. The van der Waals surface area contributed by atoms with Crippen LogP contribution in [0.2, 0.25) is 0 Å². The van der Waals surface area contributed by atoms with Crippen LogP contribution in [-0.4, -0.2) is 23.4 Å². The topological polar surface area (TPSA) is 3.24 Å². The first-order valence-corrected chi connectivity index (χ1v) is 6.47. The van der Waals surface area contributed by atoms with E-state index in [0.29, 0.717) is 24.0 Å². The maximum atomic E-state index is 13.1. The van der Waals surface area contributed by atoms with Gasteiger partial charge in [-0.3, -0.25) is 4.90 Å². The number of halogens is 3.